The Bertz CT molecular complexity index is 1440. The lowest BCUT2D eigenvalue weighted by Gasteiger charge is -2.26. The summed E-state index contributed by atoms with van der Waals surface area (Å²) in [4.78, 5) is 32.7. The van der Waals surface area contributed by atoms with Gasteiger partial charge in [0.25, 0.3) is 0 Å². The van der Waals surface area contributed by atoms with E-state index in [0.29, 0.717) is 77.7 Å². The van der Waals surface area contributed by atoms with Crippen LogP contribution in [0.15, 0.2) is 34.3 Å². The Hall–Kier alpha value is -3.56. The molecule has 3 aromatic rings. The minimum Gasteiger partial charge on any atom is -0.493 e. The first-order valence-electron chi connectivity index (χ1n) is 16.2. The zero-order valence-electron chi connectivity index (χ0n) is 27.3. The van der Waals surface area contributed by atoms with Gasteiger partial charge in [0.1, 0.15) is 11.7 Å². The van der Waals surface area contributed by atoms with Gasteiger partial charge in [0.05, 0.1) is 55.2 Å². The Balaban J connectivity index is 0.000000185. The van der Waals surface area contributed by atoms with Crippen molar-refractivity contribution in [3.8, 4) is 16.2 Å². The Kier molecular flexibility index (Phi) is 12.6. The number of nitrogens with zero attached hydrogens (tertiary/aromatic N) is 4. The minimum absolute atomic E-state index is 0.0150. The molecule has 3 aliphatic rings. The summed E-state index contributed by atoms with van der Waals surface area (Å²) in [6.07, 6.45) is 1.40. The lowest BCUT2D eigenvalue weighted by atomic mass is 9.92. The van der Waals surface area contributed by atoms with Crippen LogP contribution in [0.3, 0.4) is 0 Å². The highest BCUT2D eigenvalue weighted by molar-refractivity contribution is 7.13. The number of benzene rings is 1. The summed E-state index contributed by atoms with van der Waals surface area (Å²) in [5, 5.41) is 16.5. The summed E-state index contributed by atoms with van der Waals surface area (Å²) in [5.41, 5.74) is 4.83. The maximum atomic E-state index is 12.8. The van der Waals surface area contributed by atoms with Gasteiger partial charge in [-0.3, -0.25) is 9.59 Å². The molecule has 0 spiro atoms. The zero-order valence-corrected chi connectivity index (χ0v) is 28.1. The van der Waals surface area contributed by atoms with Crippen LogP contribution in [0.5, 0.6) is 5.75 Å². The number of ether oxygens (including phenoxy) is 4. The molecule has 2 N–H and O–H groups in total. The number of nitrogens with one attached hydrogen (secondary N) is 1. The predicted octanol–water partition coefficient (Wildman–Crippen LogP) is 3.35. The SMILES string of the molecule is CC(C)C(C(=O)N1CCC(O)C1)c1cc(N2CCOCC2)no1.Cc1ncsc1-c1ccc(CNC=O)c(OCCC2OCCO2)c1. The first-order valence-corrected chi connectivity index (χ1v) is 17.0. The number of carbonyl (C=O) groups is 2. The average Bonchev–Trinajstić information content (AvgIpc) is 3.90. The fourth-order valence-corrected chi connectivity index (χ4v) is 6.59. The number of likely N-dealkylation sites (tertiary alicyclic amines) is 1. The quantitative estimate of drug-likeness (QED) is 0.273. The minimum atomic E-state index is -0.412. The maximum Gasteiger partial charge on any atom is 0.233 e. The number of carbonyl (C=O) groups excluding carboxylic acids is 2. The Morgan fingerprint density at radius 2 is 1.96 bits per heavy atom. The van der Waals surface area contributed by atoms with Crippen molar-refractivity contribution in [1.82, 2.24) is 20.4 Å². The average molecular weight is 672 g/mol. The van der Waals surface area contributed by atoms with Gasteiger partial charge in [0.15, 0.2) is 17.9 Å². The number of rotatable bonds is 12. The fourth-order valence-electron chi connectivity index (χ4n) is 5.79. The van der Waals surface area contributed by atoms with E-state index in [1.165, 1.54) is 0 Å². The molecule has 2 amide bonds. The van der Waals surface area contributed by atoms with E-state index in [4.69, 9.17) is 23.5 Å². The number of thiazole rings is 1. The van der Waals surface area contributed by atoms with Crippen LogP contribution in [-0.2, 0) is 30.3 Å². The number of hydrogen-bond donors (Lipinski definition) is 2. The second-order valence-corrected chi connectivity index (χ2v) is 12.9. The molecule has 2 atom stereocenters. The largest absolute Gasteiger partial charge is 0.493 e. The van der Waals surface area contributed by atoms with E-state index in [9.17, 15) is 14.7 Å². The van der Waals surface area contributed by atoms with E-state index >= 15 is 0 Å². The van der Waals surface area contributed by atoms with Gasteiger partial charge in [-0.15, -0.1) is 11.3 Å². The molecule has 3 fully saturated rings. The Morgan fingerprint density at radius 3 is 2.62 bits per heavy atom. The summed E-state index contributed by atoms with van der Waals surface area (Å²) in [6, 6.07) is 7.88. The van der Waals surface area contributed by atoms with Crippen LogP contribution >= 0.6 is 11.3 Å². The molecule has 1 aromatic carbocycles. The molecule has 5 heterocycles. The van der Waals surface area contributed by atoms with Crippen LogP contribution in [-0.4, -0.2) is 104 Å². The standard InChI is InChI=1S/C17H20N2O4S.C16H25N3O4/c1-12-17(24-11-19-12)13-2-3-14(9-18-10-20)15(8-13)21-5-4-16-22-6-7-23-16;1-11(2)15(16(21)19-4-3-12(20)10-19)13-9-14(17-23-13)18-5-7-22-8-6-18/h2-3,8,10-11,16H,4-7,9H2,1H3,(H,18,20);9,11-12,15,20H,3-8,10H2,1-2H3. The molecule has 0 bridgehead atoms. The van der Waals surface area contributed by atoms with E-state index in [1.807, 2.05) is 50.5 Å². The molecule has 0 radical (unpaired) electrons. The predicted molar refractivity (Wildman–Crippen MR) is 175 cm³/mol. The van der Waals surface area contributed by atoms with Crippen molar-refractivity contribution in [3.05, 3.63) is 46.8 Å². The first-order chi connectivity index (χ1) is 22.8. The van der Waals surface area contributed by atoms with Crippen molar-refractivity contribution in [3.63, 3.8) is 0 Å². The number of anilines is 1. The smallest absolute Gasteiger partial charge is 0.233 e. The van der Waals surface area contributed by atoms with E-state index in [2.05, 4.69) is 20.4 Å². The van der Waals surface area contributed by atoms with Crippen LogP contribution < -0.4 is 15.0 Å². The van der Waals surface area contributed by atoms with Crippen molar-refractivity contribution in [1.29, 1.82) is 0 Å². The fraction of sp³-hybridized carbons (Fsp3) is 0.576. The Labute approximate surface area is 279 Å². The summed E-state index contributed by atoms with van der Waals surface area (Å²) < 4.78 is 27.6. The third kappa shape index (κ3) is 9.29. The molecule has 3 aliphatic heterocycles. The van der Waals surface area contributed by atoms with Gasteiger partial charge in [-0.25, -0.2) is 4.98 Å². The van der Waals surface area contributed by atoms with Crippen LogP contribution in [0.1, 0.15) is 49.6 Å². The molecule has 256 valence electrons. The first kappa shape index (κ1) is 34.8. The van der Waals surface area contributed by atoms with Crippen LogP contribution in [0.25, 0.3) is 10.4 Å². The van der Waals surface area contributed by atoms with Crippen molar-refractivity contribution < 1.29 is 38.2 Å². The molecule has 0 saturated carbocycles. The number of aliphatic hydroxyl groups is 1. The van der Waals surface area contributed by atoms with E-state index in [-0.39, 0.29) is 24.0 Å². The van der Waals surface area contributed by atoms with Crippen LogP contribution in [0, 0.1) is 12.8 Å². The summed E-state index contributed by atoms with van der Waals surface area (Å²) in [6.45, 7) is 12.1. The normalized spacial score (nSPS) is 19.0. The molecule has 3 saturated heterocycles. The van der Waals surface area contributed by atoms with Crippen LogP contribution in [0.2, 0.25) is 0 Å². The number of aromatic nitrogens is 2. The van der Waals surface area contributed by atoms with Gasteiger partial charge in [-0.1, -0.05) is 31.1 Å². The summed E-state index contributed by atoms with van der Waals surface area (Å²) in [5.74, 6) is 1.89. The number of hydrogen-bond acceptors (Lipinski definition) is 12. The lowest BCUT2D eigenvalue weighted by Crippen LogP contribution is -2.36. The molecule has 13 nitrogen and oxygen atoms in total. The zero-order chi connectivity index (χ0) is 33.2. The van der Waals surface area contributed by atoms with Crippen molar-refractivity contribution in [2.45, 2.75) is 58.5 Å². The highest BCUT2D eigenvalue weighted by Crippen LogP contribution is 2.33. The van der Waals surface area contributed by atoms with Gasteiger partial charge in [0.2, 0.25) is 12.3 Å². The lowest BCUT2D eigenvalue weighted by molar-refractivity contribution is -0.133. The molecule has 14 heteroatoms. The van der Waals surface area contributed by atoms with Crippen molar-refractivity contribution in [2.24, 2.45) is 5.92 Å². The number of aliphatic hydroxyl groups excluding tert-OH is 1. The van der Waals surface area contributed by atoms with E-state index in [1.54, 1.807) is 16.2 Å². The van der Waals surface area contributed by atoms with Crippen molar-refractivity contribution in [2.75, 3.05) is 64.1 Å². The third-order valence-electron chi connectivity index (χ3n) is 8.32. The monoisotopic (exact) mass is 671 g/mol. The van der Waals surface area contributed by atoms with Gasteiger partial charge in [-0.05, 0) is 30.9 Å². The summed E-state index contributed by atoms with van der Waals surface area (Å²) >= 11 is 1.60. The number of aryl methyl sites for hydroxylation is 1. The van der Waals surface area contributed by atoms with E-state index in [0.717, 1.165) is 46.4 Å². The summed E-state index contributed by atoms with van der Waals surface area (Å²) in [7, 11) is 0. The van der Waals surface area contributed by atoms with Gasteiger partial charge in [0, 0.05) is 50.8 Å². The Morgan fingerprint density at radius 1 is 1.17 bits per heavy atom. The molecule has 6 rings (SSSR count). The molecular formula is C33H45N5O8S. The second-order valence-electron chi connectivity index (χ2n) is 12.0. The maximum absolute atomic E-state index is 12.8. The molecule has 47 heavy (non-hydrogen) atoms. The van der Waals surface area contributed by atoms with E-state index < -0.39 is 6.10 Å². The highest BCUT2D eigenvalue weighted by atomic mass is 32.1. The number of morpholine rings is 1. The van der Waals surface area contributed by atoms with Gasteiger partial charge < -0.3 is 43.7 Å². The van der Waals surface area contributed by atoms with Crippen molar-refractivity contribution >= 4 is 29.5 Å². The van der Waals surface area contributed by atoms with Crippen LogP contribution in [0.4, 0.5) is 5.82 Å². The molecule has 0 aliphatic carbocycles. The topological polar surface area (TPSA) is 149 Å². The highest BCUT2D eigenvalue weighted by Gasteiger charge is 2.35. The number of amides is 2. The van der Waals surface area contributed by atoms with Gasteiger partial charge >= 0.3 is 0 Å². The van der Waals surface area contributed by atoms with Gasteiger partial charge in [-0.2, -0.15) is 0 Å². The molecular weight excluding hydrogens is 626 g/mol. The molecule has 2 unspecified atom stereocenters. The molecule has 2 aromatic heterocycles. The second kappa shape index (κ2) is 17.0. The third-order valence-corrected chi connectivity index (χ3v) is 9.30. The number of β-amino-alcohol motifs (C(OH)–C–C–N with tert-alkyl or cyclic N) is 1.